The van der Waals surface area contributed by atoms with Gasteiger partial charge in [-0.3, -0.25) is 4.79 Å². The van der Waals surface area contributed by atoms with Crippen molar-refractivity contribution in [2.24, 2.45) is 0 Å². The first-order valence-electron chi connectivity index (χ1n) is 9.61. The van der Waals surface area contributed by atoms with Gasteiger partial charge in [0.15, 0.2) is 5.78 Å². The first kappa shape index (κ1) is 19.2. The van der Waals surface area contributed by atoms with Crippen LogP contribution in [0.2, 0.25) is 0 Å². The molecule has 0 bridgehead atoms. The van der Waals surface area contributed by atoms with Gasteiger partial charge in [0.05, 0.1) is 5.56 Å². The van der Waals surface area contributed by atoms with E-state index in [1.54, 1.807) is 6.20 Å². The van der Waals surface area contributed by atoms with Gasteiger partial charge in [-0.15, -0.1) is 0 Å². The number of carbonyl (C=O) groups excluding carboxylic acids is 1. The Balaban J connectivity index is 1.76. The number of hydrogen-bond donors (Lipinski definition) is 1. The van der Waals surface area contributed by atoms with Gasteiger partial charge in [-0.2, -0.15) is 0 Å². The third-order valence-electron chi connectivity index (χ3n) is 4.41. The Kier molecular flexibility index (Phi) is 8.74. The van der Waals surface area contributed by atoms with Crippen LogP contribution >= 0.6 is 0 Å². The van der Waals surface area contributed by atoms with E-state index in [0.29, 0.717) is 16.9 Å². The average molecular weight is 338 g/mol. The molecular weight excluding hydrogens is 308 g/mol. The van der Waals surface area contributed by atoms with Crippen molar-refractivity contribution in [3.05, 3.63) is 59.8 Å². The molecule has 0 unspecified atom stereocenters. The van der Waals surface area contributed by atoms with Crippen molar-refractivity contribution in [1.29, 1.82) is 0 Å². The molecule has 0 aliphatic carbocycles. The summed E-state index contributed by atoms with van der Waals surface area (Å²) in [7, 11) is 0. The number of rotatable bonds is 12. The highest BCUT2D eigenvalue weighted by Gasteiger charge is 2.13. The zero-order valence-corrected chi connectivity index (χ0v) is 15.3. The smallest absolute Gasteiger partial charge is 0.196 e. The molecule has 0 aliphatic heterocycles. The third-order valence-corrected chi connectivity index (χ3v) is 4.41. The molecule has 0 saturated carbocycles. The number of aromatic nitrogens is 1. The Labute approximate surface area is 151 Å². The predicted molar refractivity (Wildman–Crippen MR) is 105 cm³/mol. The molecule has 0 radical (unpaired) electrons. The summed E-state index contributed by atoms with van der Waals surface area (Å²) in [6, 6.07) is 13.0. The number of hydrogen-bond acceptors (Lipinski definition) is 3. The topological polar surface area (TPSA) is 42.0 Å². The maximum absolute atomic E-state index is 12.6. The van der Waals surface area contributed by atoms with Crippen LogP contribution in [0.25, 0.3) is 0 Å². The number of anilines is 1. The van der Waals surface area contributed by atoms with Crippen molar-refractivity contribution in [1.82, 2.24) is 4.98 Å². The molecule has 134 valence electrons. The van der Waals surface area contributed by atoms with Crippen molar-refractivity contribution in [2.45, 2.75) is 58.3 Å². The van der Waals surface area contributed by atoms with Crippen LogP contribution in [0, 0.1) is 0 Å². The molecule has 25 heavy (non-hydrogen) atoms. The molecule has 0 saturated heterocycles. The van der Waals surface area contributed by atoms with Gasteiger partial charge in [-0.1, -0.05) is 82.2 Å². The van der Waals surface area contributed by atoms with Crippen LogP contribution in [0.15, 0.2) is 48.7 Å². The summed E-state index contributed by atoms with van der Waals surface area (Å²) < 4.78 is 0. The van der Waals surface area contributed by atoms with Gasteiger partial charge in [-0.25, -0.2) is 4.98 Å². The van der Waals surface area contributed by atoms with Gasteiger partial charge >= 0.3 is 0 Å². The molecule has 0 aliphatic rings. The molecule has 1 heterocycles. The van der Waals surface area contributed by atoms with E-state index in [4.69, 9.17) is 0 Å². The van der Waals surface area contributed by atoms with Gasteiger partial charge in [-0.05, 0) is 18.6 Å². The van der Waals surface area contributed by atoms with Crippen LogP contribution in [0.3, 0.4) is 0 Å². The third kappa shape index (κ3) is 6.69. The first-order chi connectivity index (χ1) is 12.3. The fraction of sp³-hybridized carbons (Fsp3) is 0.455. The summed E-state index contributed by atoms with van der Waals surface area (Å²) in [5, 5.41) is 3.34. The van der Waals surface area contributed by atoms with Gasteiger partial charge in [0.1, 0.15) is 5.82 Å². The zero-order valence-electron chi connectivity index (χ0n) is 15.3. The predicted octanol–water partition coefficient (Wildman–Crippen LogP) is 5.87. The van der Waals surface area contributed by atoms with Crippen molar-refractivity contribution in [3.63, 3.8) is 0 Å². The lowest BCUT2D eigenvalue weighted by Gasteiger charge is -2.10. The Morgan fingerprint density at radius 2 is 1.56 bits per heavy atom. The number of carbonyl (C=O) groups is 1. The molecule has 1 N–H and O–H groups in total. The standard InChI is InChI=1S/C22H30N2O/c1-2-3-4-5-6-7-8-12-17-23-22-20(16-13-18-24-22)21(25)19-14-10-9-11-15-19/h9-11,13-16,18H,2-8,12,17H2,1H3,(H,23,24). The van der Waals surface area contributed by atoms with Crippen molar-refractivity contribution in [2.75, 3.05) is 11.9 Å². The quantitative estimate of drug-likeness (QED) is 0.389. The number of ketones is 1. The summed E-state index contributed by atoms with van der Waals surface area (Å²) in [6.45, 7) is 3.11. The lowest BCUT2D eigenvalue weighted by Crippen LogP contribution is -2.10. The minimum Gasteiger partial charge on any atom is -0.369 e. The van der Waals surface area contributed by atoms with Crippen LogP contribution in [-0.4, -0.2) is 17.3 Å². The summed E-state index contributed by atoms with van der Waals surface area (Å²) in [5.41, 5.74) is 1.35. The number of unbranched alkanes of at least 4 members (excludes halogenated alkanes) is 7. The lowest BCUT2D eigenvalue weighted by atomic mass is 10.0. The number of benzene rings is 1. The molecule has 2 aromatic rings. The lowest BCUT2D eigenvalue weighted by molar-refractivity contribution is 0.103. The van der Waals surface area contributed by atoms with E-state index in [-0.39, 0.29) is 5.78 Å². The highest BCUT2D eigenvalue weighted by molar-refractivity contribution is 6.11. The van der Waals surface area contributed by atoms with E-state index in [2.05, 4.69) is 17.2 Å². The fourth-order valence-electron chi connectivity index (χ4n) is 2.94. The average Bonchev–Trinajstić information content (AvgIpc) is 2.67. The maximum atomic E-state index is 12.6. The second-order valence-electron chi connectivity index (χ2n) is 6.50. The van der Waals surface area contributed by atoms with Crippen molar-refractivity contribution < 1.29 is 4.79 Å². The van der Waals surface area contributed by atoms with Gasteiger partial charge in [0.25, 0.3) is 0 Å². The summed E-state index contributed by atoms with van der Waals surface area (Å²) in [6.07, 6.45) is 12.1. The highest BCUT2D eigenvalue weighted by Crippen LogP contribution is 2.17. The van der Waals surface area contributed by atoms with E-state index in [0.717, 1.165) is 13.0 Å². The number of nitrogens with one attached hydrogen (secondary N) is 1. The second-order valence-corrected chi connectivity index (χ2v) is 6.50. The number of nitrogens with zero attached hydrogens (tertiary/aromatic N) is 1. The molecule has 0 spiro atoms. The van der Waals surface area contributed by atoms with Gasteiger partial charge < -0.3 is 5.32 Å². The minimum atomic E-state index is 0.0205. The van der Waals surface area contributed by atoms with Crippen LogP contribution in [0.5, 0.6) is 0 Å². The Morgan fingerprint density at radius 1 is 0.880 bits per heavy atom. The van der Waals surface area contributed by atoms with E-state index in [9.17, 15) is 4.79 Å². The van der Waals surface area contributed by atoms with E-state index in [1.165, 1.54) is 44.9 Å². The number of pyridine rings is 1. The van der Waals surface area contributed by atoms with E-state index >= 15 is 0 Å². The van der Waals surface area contributed by atoms with Gasteiger partial charge in [0.2, 0.25) is 0 Å². The minimum absolute atomic E-state index is 0.0205. The zero-order chi connectivity index (χ0) is 17.7. The first-order valence-corrected chi connectivity index (χ1v) is 9.61. The Bertz CT molecular complexity index is 625. The highest BCUT2D eigenvalue weighted by atomic mass is 16.1. The molecule has 3 nitrogen and oxygen atoms in total. The molecule has 1 aromatic heterocycles. The Hall–Kier alpha value is -2.16. The van der Waals surface area contributed by atoms with E-state index < -0.39 is 0 Å². The normalized spacial score (nSPS) is 10.6. The van der Waals surface area contributed by atoms with E-state index in [1.807, 2.05) is 42.5 Å². The van der Waals surface area contributed by atoms with Gasteiger partial charge in [0, 0.05) is 18.3 Å². The molecule has 0 fully saturated rings. The monoisotopic (exact) mass is 338 g/mol. The second kappa shape index (κ2) is 11.4. The maximum Gasteiger partial charge on any atom is 0.196 e. The molecule has 0 amide bonds. The summed E-state index contributed by atoms with van der Waals surface area (Å²) in [4.78, 5) is 17.0. The van der Waals surface area contributed by atoms with Crippen molar-refractivity contribution >= 4 is 11.6 Å². The molecular formula is C22H30N2O. The van der Waals surface area contributed by atoms with Crippen LogP contribution in [0.4, 0.5) is 5.82 Å². The van der Waals surface area contributed by atoms with Crippen molar-refractivity contribution in [3.8, 4) is 0 Å². The fourth-order valence-corrected chi connectivity index (χ4v) is 2.94. The molecule has 0 atom stereocenters. The SMILES string of the molecule is CCCCCCCCCCNc1ncccc1C(=O)c1ccccc1. The van der Waals surface area contributed by atoms with Crippen LogP contribution in [-0.2, 0) is 0 Å². The summed E-state index contributed by atoms with van der Waals surface area (Å²) >= 11 is 0. The molecule has 1 aromatic carbocycles. The van der Waals surface area contributed by atoms with Crippen LogP contribution in [0.1, 0.15) is 74.2 Å². The molecule has 2 rings (SSSR count). The largest absolute Gasteiger partial charge is 0.369 e. The van der Waals surface area contributed by atoms with Crippen LogP contribution < -0.4 is 5.32 Å². The Morgan fingerprint density at radius 3 is 2.28 bits per heavy atom. The summed E-state index contributed by atoms with van der Waals surface area (Å²) in [5.74, 6) is 0.714. The molecule has 3 heteroatoms.